The first-order chi connectivity index (χ1) is 15.6. The first kappa shape index (κ1) is 25.2. The van der Waals surface area contributed by atoms with Crippen molar-refractivity contribution in [2.75, 3.05) is 6.61 Å². The van der Waals surface area contributed by atoms with Crippen LogP contribution in [0.15, 0.2) is 48.5 Å². The van der Waals surface area contributed by atoms with E-state index in [2.05, 4.69) is 58.1 Å². The molecule has 0 fully saturated rings. The lowest BCUT2D eigenvalue weighted by Gasteiger charge is -2.41. The van der Waals surface area contributed by atoms with Crippen molar-refractivity contribution in [1.29, 1.82) is 0 Å². The van der Waals surface area contributed by atoms with E-state index < -0.39 is 14.4 Å². The van der Waals surface area contributed by atoms with Gasteiger partial charge in [0.05, 0.1) is 6.04 Å². The summed E-state index contributed by atoms with van der Waals surface area (Å²) in [6.07, 6.45) is 2.09. The van der Waals surface area contributed by atoms with Gasteiger partial charge in [-0.3, -0.25) is 0 Å². The lowest BCUT2D eigenvalue weighted by Crippen LogP contribution is -2.52. The Balaban J connectivity index is 1.84. The van der Waals surface area contributed by atoms with Crippen molar-refractivity contribution in [3.05, 3.63) is 59.7 Å². The van der Waals surface area contributed by atoms with Crippen LogP contribution in [0.4, 0.5) is 4.79 Å². The van der Waals surface area contributed by atoms with Crippen molar-refractivity contribution in [1.82, 2.24) is 5.06 Å². The fraction of sp³-hybridized carbons (Fsp3) is 0.481. The molecule has 0 bridgehead atoms. The molecule has 5 nitrogen and oxygen atoms in total. The first-order valence-corrected chi connectivity index (χ1v) is 14.8. The molecule has 1 atom stereocenters. The minimum absolute atomic E-state index is 0.0215. The molecule has 178 valence electrons. The molecule has 33 heavy (non-hydrogen) atoms. The van der Waals surface area contributed by atoms with E-state index in [1.54, 1.807) is 0 Å². The van der Waals surface area contributed by atoms with E-state index in [0.29, 0.717) is 6.42 Å². The van der Waals surface area contributed by atoms with Gasteiger partial charge in [-0.05, 0) is 46.8 Å². The largest absolute Gasteiger partial charge is 0.447 e. The zero-order valence-corrected chi connectivity index (χ0v) is 21.8. The number of hydrogen-bond donors (Lipinski definition) is 0. The normalized spacial score (nSPS) is 14.4. The van der Waals surface area contributed by atoms with Crippen molar-refractivity contribution < 1.29 is 18.9 Å². The molecular weight excluding hydrogens is 430 g/mol. The van der Waals surface area contributed by atoms with E-state index in [4.69, 9.17) is 9.26 Å². The highest BCUT2D eigenvalue weighted by Crippen LogP contribution is 2.44. The predicted octanol–water partition coefficient (Wildman–Crippen LogP) is 6.93. The van der Waals surface area contributed by atoms with Gasteiger partial charge in [-0.1, -0.05) is 82.6 Å². The quantitative estimate of drug-likeness (QED) is 0.228. The summed E-state index contributed by atoms with van der Waals surface area (Å²) in [6, 6.07) is 16.2. The minimum Gasteiger partial charge on any atom is -0.447 e. The third kappa shape index (κ3) is 5.39. The van der Waals surface area contributed by atoms with Crippen LogP contribution in [0.25, 0.3) is 11.1 Å². The third-order valence-electron chi connectivity index (χ3n) is 6.97. The van der Waals surface area contributed by atoms with Crippen molar-refractivity contribution >= 4 is 20.7 Å². The number of amides is 1. The average Bonchev–Trinajstić information content (AvgIpc) is 3.09. The van der Waals surface area contributed by atoms with Gasteiger partial charge in [0.25, 0.3) is 0 Å². The maximum absolute atomic E-state index is 13.4. The predicted molar refractivity (Wildman–Crippen MR) is 135 cm³/mol. The maximum atomic E-state index is 13.4. The summed E-state index contributed by atoms with van der Waals surface area (Å²) in [4.78, 5) is 24.8. The Labute approximate surface area is 199 Å². The van der Waals surface area contributed by atoms with Gasteiger partial charge in [0, 0.05) is 12.3 Å². The maximum Gasteiger partial charge on any atom is 0.433 e. The number of hydrogen-bond acceptors (Lipinski definition) is 4. The SMILES string of the molecule is CCC[C@@H](CC=O)N(O[Si](C)(C)C(C)(C)C)C(=O)OCC1c2ccccc2-c2ccccc21. The summed E-state index contributed by atoms with van der Waals surface area (Å²) in [5, 5.41) is 1.29. The number of aldehydes is 1. The second-order valence-electron chi connectivity index (χ2n) is 10.3. The number of nitrogens with zero attached hydrogens (tertiary/aromatic N) is 1. The summed E-state index contributed by atoms with van der Waals surface area (Å²) in [7, 11) is -2.32. The van der Waals surface area contributed by atoms with Crippen molar-refractivity contribution in [3.63, 3.8) is 0 Å². The monoisotopic (exact) mass is 467 g/mol. The van der Waals surface area contributed by atoms with Gasteiger partial charge in [-0.15, -0.1) is 0 Å². The molecule has 0 saturated heterocycles. The van der Waals surface area contributed by atoms with Gasteiger partial charge in [-0.2, -0.15) is 5.06 Å². The van der Waals surface area contributed by atoms with E-state index >= 15 is 0 Å². The Morgan fingerprint density at radius 3 is 2.09 bits per heavy atom. The number of carbonyl (C=O) groups is 2. The molecule has 0 heterocycles. The van der Waals surface area contributed by atoms with Gasteiger partial charge < -0.3 is 14.1 Å². The number of hydroxylamine groups is 2. The molecule has 0 saturated carbocycles. The first-order valence-electron chi connectivity index (χ1n) is 11.9. The van der Waals surface area contributed by atoms with E-state index in [-0.39, 0.29) is 30.0 Å². The van der Waals surface area contributed by atoms with Gasteiger partial charge in [0.1, 0.15) is 12.9 Å². The number of ether oxygens (including phenoxy) is 1. The van der Waals surface area contributed by atoms with Crippen LogP contribution < -0.4 is 0 Å². The molecule has 0 aliphatic heterocycles. The number of rotatable bonds is 9. The van der Waals surface area contributed by atoms with Gasteiger partial charge in [-0.25, -0.2) is 4.79 Å². The molecule has 0 aromatic heterocycles. The van der Waals surface area contributed by atoms with Crippen LogP contribution in [0.5, 0.6) is 0 Å². The highest BCUT2D eigenvalue weighted by atomic mass is 28.4. The van der Waals surface area contributed by atoms with E-state index in [1.165, 1.54) is 27.3 Å². The smallest absolute Gasteiger partial charge is 0.433 e. The topological polar surface area (TPSA) is 55.8 Å². The van der Waals surface area contributed by atoms with Crippen LogP contribution in [0.2, 0.25) is 18.1 Å². The second-order valence-corrected chi connectivity index (χ2v) is 15.0. The highest BCUT2D eigenvalue weighted by Gasteiger charge is 2.43. The lowest BCUT2D eigenvalue weighted by molar-refractivity contribution is -0.117. The third-order valence-corrected chi connectivity index (χ3v) is 11.2. The standard InChI is InChI=1S/C27H37NO4Si/c1-7-12-20(17-18-29)28(32-33(5,6)27(2,3)4)26(30)31-19-25-23-15-10-8-13-21(23)22-14-9-11-16-24(22)25/h8-11,13-16,18,20,25H,7,12,17,19H2,1-6H3/t20-/m0/s1. The highest BCUT2D eigenvalue weighted by molar-refractivity contribution is 6.74. The summed E-state index contributed by atoms with van der Waals surface area (Å²) < 4.78 is 12.3. The zero-order chi connectivity index (χ0) is 24.2. The number of carbonyl (C=O) groups excluding carboxylic acids is 2. The van der Waals surface area contributed by atoms with E-state index in [0.717, 1.165) is 12.7 Å². The van der Waals surface area contributed by atoms with Gasteiger partial charge in [0.15, 0.2) is 0 Å². The van der Waals surface area contributed by atoms with Crippen LogP contribution in [-0.4, -0.2) is 38.4 Å². The van der Waals surface area contributed by atoms with Crippen LogP contribution in [0.3, 0.4) is 0 Å². The summed E-state index contributed by atoms with van der Waals surface area (Å²) in [5.74, 6) is -0.0215. The Bertz CT molecular complexity index is 937. The summed E-state index contributed by atoms with van der Waals surface area (Å²) in [6.45, 7) is 12.8. The molecule has 6 heteroatoms. The average molecular weight is 468 g/mol. The van der Waals surface area contributed by atoms with Crippen molar-refractivity contribution in [2.45, 2.75) is 77.0 Å². The Hall–Kier alpha value is -2.44. The molecule has 1 amide bonds. The van der Waals surface area contributed by atoms with Crippen LogP contribution in [0.1, 0.15) is 64.0 Å². The Kier molecular flexibility index (Phi) is 7.80. The molecule has 0 N–H and O–H groups in total. The molecule has 2 aromatic carbocycles. The Morgan fingerprint density at radius 2 is 1.61 bits per heavy atom. The molecule has 0 unspecified atom stereocenters. The van der Waals surface area contributed by atoms with Crippen LogP contribution in [-0.2, 0) is 14.1 Å². The molecule has 3 rings (SSSR count). The van der Waals surface area contributed by atoms with Gasteiger partial charge >= 0.3 is 6.09 Å². The fourth-order valence-electron chi connectivity index (χ4n) is 4.08. The second kappa shape index (κ2) is 10.2. The van der Waals surface area contributed by atoms with E-state index in [9.17, 15) is 9.59 Å². The van der Waals surface area contributed by atoms with Crippen LogP contribution in [0, 0.1) is 0 Å². The zero-order valence-electron chi connectivity index (χ0n) is 20.8. The summed E-state index contributed by atoms with van der Waals surface area (Å²) >= 11 is 0. The number of benzene rings is 2. The van der Waals surface area contributed by atoms with E-state index in [1.807, 2.05) is 31.2 Å². The van der Waals surface area contributed by atoms with Crippen molar-refractivity contribution in [3.8, 4) is 11.1 Å². The molecule has 1 aliphatic carbocycles. The summed E-state index contributed by atoms with van der Waals surface area (Å²) in [5.41, 5.74) is 4.71. The number of fused-ring (bicyclic) bond motifs is 3. The molecule has 0 radical (unpaired) electrons. The van der Waals surface area contributed by atoms with Crippen molar-refractivity contribution in [2.24, 2.45) is 0 Å². The van der Waals surface area contributed by atoms with Crippen LogP contribution >= 0.6 is 0 Å². The molecular formula is C27H37NO4Si. The lowest BCUT2D eigenvalue weighted by atomic mass is 9.98. The molecule has 1 aliphatic rings. The fourth-order valence-corrected chi connectivity index (χ4v) is 5.07. The Morgan fingerprint density at radius 1 is 1.06 bits per heavy atom. The molecule has 0 spiro atoms. The van der Waals surface area contributed by atoms with Gasteiger partial charge in [0.2, 0.25) is 8.32 Å². The minimum atomic E-state index is -2.32. The molecule has 2 aromatic rings.